The molecule has 6 nitrogen and oxygen atoms in total. The zero-order chi connectivity index (χ0) is 16.3. The van der Waals surface area contributed by atoms with Gasteiger partial charge in [0.05, 0.1) is 5.69 Å². The predicted octanol–water partition coefficient (Wildman–Crippen LogP) is 1.47. The van der Waals surface area contributed by atoms with Crippen LogP contribution in [0.25, 0.3) is 0 Å². The van der Waals surface area contributed by atoms with Crippen LogP contribution >= 0.6 is 12.4 Å². The molecule has 1 aromatic carbocycles. The second kappa shape index (κ2) is 7.66. The molecule has 1 atom stereocenters. The Morgan fingerprint density at radius 1 is 1.39 bits per heavy atom. The Hall–Kier alpha value is -1.79. The van der Waals surface area contributed by atoms with Crippen LogP contribution in [-0.4, -0.2) is 36.5 Å². The summed E-state index contributed by atoms with van der Waals surface area (Å²) >= 11 is 0. The molecule has 0 spiro atoms. The molecule has 1 heterocycles. The van der Waals surface area contributed by atoms with Crippen LogP contribution in [0.15, 0.2) is 24.3 Å². The number of carbonyl (C=O) groups is 2. The monoisotopic (exact) mass is 341 g/mol. The minimum atomic E-state index is -0.541. The fourth-order valence-electron chi connectivity index (χ4n) is 2.22. The number of amides is 2. The van der Waals surface area contributed by atoms with E-state index >= 15 is 0 Å². The van der Waals surface area contributed by atoms with E-state index in [9.17, 15) is 9.59 Å². The molecule has 2 amide bonds. The predicted molar refractivity (Wildman–Crippen MR) is 92.0 cm³/mol. The highest BCUT2D eigenvalue weighted by atomic mass is 35.5. The van der Waals surface area contributed by atoms with Crippen molar-refractivity contribution in [2.45, 2.75) is 38.8 Å². The largest absolute Gasteiger partial charge is 0.479 e. The lowest BCUT2D eigenvalue weighted by atomic mass is 10.1. The van der Waals surface area contributed by atoms with E-state index in [1.165, 1.54) is 0 Å². The molecule has 1 aliphatic rings. The van der Waals surface area contributed by atoms with Crippen molar-refractivity contribution in [1.29, 1.82) is 0 Å². The summed E-state index contributed by atoms with van der Waals surface area (Å²) in [6.07, 6.45) is -0.316. The zero-order valence-electron chi connectivity index (χ0n) is 13.7. The Morgan fingerprint density at radius 3 is 2.70 bits per heavy atom. The number of hydrogen-bond donors (Lipinski definition) is 2. The number of benzene rings is 1. The highest BCUT2D eigenvalue weighted by Crippen LogP contribution is 2.33. The maximum atomic E-state index is 12.3. The molecule has 0 saturated heterocycles. The summed E-state index contributed by atoms with van der Waals surface area (Å²) in [5.74, 6) is 0.409. The molecule has 0 bridgehead atoms. The molecule has 1 aromatic rings. The van der Waals surface area contributed by atoms with E-state index in [0.717, 1.165) is 0 Å². The van der Waals surface area contributed by atoms with E-state index in [1.807, 2.05) is 38.1 Å². The number of nitrogens with two attached hydrogens (primary N) is 1. The second-order valence-corrected chi connectivity index (χ2v) is 6.23. The topological polar surface area (TPSA) is 84.7 Å². The molecule has 7 heteroatoms. The van der Waals surface area contributed by atoms with Gasteiger partial charge in [0.2, 0.25) is 5.91 Å². The van der Waals surface area contributed by atoms with Gasteiger partial charge in [-0.05, 0) is 32.9 Å². The van der Waals surface area contributed by atoms with Gasteiger partial charge in [-0.3, -0.25) is 9.59 Å². The lowest BCUT2D eigenvalue weighted by Gasteiger charge is -2.32. The van der Waals surface area contributed by atoms with Crippen molar-refractivity contribution in [3.05, 3.63) is 24.3 Å². The normalized spacial score (nSPS) is 17.0. The van der Waals surface area contributed by atoms with Crippen LogP contribution in [0.1, 0.15) is 27.2 Å². The highest BCUT2D eigenvalue weighted by molar-refractivity contribution is 6.00. The molecule has 3 N–H and O–H groups in total. The second-order valence-electron chi connectivity index (χ2n) is 6.23. The van der Waals surface area contributed by atoms with E-state index in [4.69, 9.17) is 10.5 Å². The first-order chi connectivity index (χ1) is 10.3. The van der Waals surface area contributed by atoms with E-state index in [2.05, 4.69) is 5.32 Å². The number of carbonyl (C=O) groups excluding carboxylic acids is 2. The summed E-state index contributed by atoms with van der Waals surface area (Å²) in [5.41, 5.74) is 6.08. The first kappa shape index (κ1) is 19.3. The molecule has 0 aromatic heterocycles. The van der Waals surface area contributed by atoms with Gasteiger partial charge in [0.1, 0.15) is 5.75 Å². The highest BCUT2D eigenvalue weighted by Gasteiger charge is 2.31. The van der Waals surface area contributed by atoms with Gasteiger partial charge in [-0.2, -0.15) is 0 Å². The molecule has 1 aliphatic heterocycles. The Labute approximate surface area is 142 Å². The molecule has 128 valence electrons. The van der Waals surface area contributed by atoms with Gasteiger partial charge >= 0.3 is 0 Å². The van der Waals surface area contributed by atoms with Gasteiger partial charge in [0, 0.05) is 25.0 Å². The van der Waals surface area contributed by atoms with Crippen molar-refractivity contribution in [3.8, 4) is 5.75 Å². The van der Waals surface area contributed by atoms with Crippen LogP contribution in [0.2, 0.25) is 0 Å². The number of anilines is 1. The summed E-state index contributed by atoms with van der Waals surface area (Å²) < 4.78 is 5.57. The minimum Gasteiger partial charge on any atom is -0.479 e. The summed E-state index contributed by atoms with van der Waals surface area (Å²) in [6.45, 7) is 6.12. The van der Waals surface area contributed by atoms with Crippen LogP contribution in [-0.2, 0) is 9.59 Å². The number of hydrogen-bond acceptors (Lipinski definition) is 4. The van der Waals surface area contributed by atoms with Gasteiger partial charge < -0.3 is 20.7 Å². The summed E-state index contributed by atoms with van der Waals surface area (Å²) in [6, 6.07) is 7.34. The van der Waals surface area contributed by atoms with Crippen molar-refractivity contribution in [3.63, 3.8) is 0 Å². The molecule has 23 heavy (non-hydrogen) atoms. The van der Waals surface area contributed by atoms with Crippen LogP contribution in [0.3, 0.4) is 0 Å². The molecule has 2 rings (SSSR count). The quantitative estimate of drug-likeness (QED) is 0.849. The van der Waals surface area contributed by atoms with Crippen LogP contribution in [0.4, 0.5) is 5.69 Å². The third kappa shape index (κ3) is 5.11. The van der Waals surface area contributed by atoms with E-state index in [-0.39, 0.29) is 30.6 Å². The summed E-state index contributed by atoms with van der Waals surface area (Å²) in [4.78, 5) is 25.8. The first-order valence-corrected chi connectivity index (χ1v) is 7.40. The molecule has 0 fully saturated rings. The van der Waals surface area contributed by atoms with Crippen molar-refractivity contribution < 1.29 is 14.3 Å². The summed E-state index contributed by atoms with van der Waals surface area (Å²) in [5, 5.41) is 2.78. The molecular weight excluding hydrogens is 318 g/mol. The van der Waals surface area contributed by atoms with Crippen LogP contribution in [0, 0.1) is 0 Å². The smallest absolute Gasteiger partial charge is 0.267 e. The average Bonchev–Trinajstić information content (AvgIpc) is 2.45. The van der Waals surface area contributed by atoms with E-state index in [0.29, 0.717) is 24.5 Å². The van der Waals surface area contributed by atoms with Gasteiger partial charge in [-0.25, -0.2) is 0 Å². The molecular formula is C16H24ClN3O3. The molecule has 0 saturated carbocycles. The number of ether oxygens (including phenoxy) is 1. The lowest BCUT2D eigenvalue weighted by molar-refractivity contribution is -0.125. The van der Waals surface area contributed by atoms with Crippen LogP contribution < -0.4 is 20.7 Å². The number of para-hydroxylation sites is 2. The lowest BCUT2D eigenvalue weighted by Crippen LogP contribution is -2.47. The average molecular weight is 342 g/mol. The van der Waals surface area contributed by atoms with Gasteiger partial charge in [-0.15, -0.1) is 12.4 Å². The third-order valence-corrected chi connectivity index (χ3v) is 3.38. The Balaban J connectivity index is 0.00000264. The fourth-order valence-corrected chi connectivity index (χ4v) is 2.22. The maximum Gasteiger partial charge on any atom is 0.267 e. The number of halogens is 1. The first-order valence-electron chi connectivity index (χ1n) is 7.40. The van der Waals surface area contributed by atoms with Crippen molar-refractivity contribution in [1.82, 2.24) is 5.32 Å². The van der Waals surface area contributed by atoms with Crippen molar-refractivity contribution >= 4 is 29.9 Å². The molecule has 0 aliphatic carbocycles. The zero-order valence-corrected chi connectivity index (χ0v) is 14.5. The van der Waals surface area contributed by atoms with Gasteiger partial charge in [0.15, 0.2) is 6.10 Å². The van der Waals surface area contributed by atoms with Crippen LogP contribution in [0.5, 0.6) is 5.75 Å². The standard InChI is InChI=1S/C16H23N3O3.ClH/c1-11-15(21)19(12-6-4-5-7-13(12)22-11)9-8-14(20)18-10-16(2,3)17;/h4-7,11H,8-10,17H2,1-3H3,(H,18,20);1H. The number of rotatable bonds is 5. The summed E-state index contributed by atoms with van der Waals surface area (Å²) in [7, 11) is 0. The Bertz CT molecular complexity index is 572. The van der Waals surface area contributed by atoms with E-state index < -0.39 is 11.6 Å². The van der Waals surface area contributed by atoms with Crippen molar-refractivity contribution in [2.75, 3.05) is 18.0 Å². The SMILES string of the molecule is CC1Oc2ccccc2N(CCC(=O)NCC(C)(C)N)C1=O.Cl. The van der Waals surface area contributed by atoms with E-state index in [1.54, 1.807) is 11.8 Å². The Morgan fingerprint density at radius 2 is 2.04 bits per heavy atom. The third-order valence-electron chi connectivity index (χ3n) is 3.38. The van der Waals surface area contributed by atoms with Gasteiger partial charge in [0.25, 0.3) is 5.91 Å². The van der Waals surface area contributed by atoms with Crippen molar-refractivity contribution in [2.24, 2.45) is 5.73 Å². The number of nitrogens with zero attached hydrogens (tertiary/aromatic N) is 1. The molecule has 0 radical (unpaired) electrons. The number of fused-ring (bicyclic) bond motifs is 1. The van der Waals surface area contributed by atoms with Gasteiger partial charge in [-0.1, -0.05) is 12.1 Å². The Kier molecular flexibility index (Phi) is 6.41. The minimum absolute atomic E-state index is 0. The number of nitrogens with one attached hydrogen (secondary N) is 1. The molecule has 1 unspecified atom stereocenters. The maximum absolute atomic E-state index is 12.3. The fraction of sp³-hybridized carbons (Fsp3) is 0.500.